The van der Waals surface area contributed by atoms with Crippen molar-refractivity contribution in [2.24, 2.45) is 0 Å². The summed E-state index contributed by atoms with van der Waals surface area (Å²) in [6.07, 6.45) is 0. The number of hydrogen-bond donors (Lipinski definition) is 2. The summed E-state index contributed by atoms with van der Waals surface area (Å²) in [4.78, 5) is 4.27. The Labute approximate surface area is 164 Å². The Kier molecular flexibility index (Phi) is 5.45. The van der Waals surface area contributed by atoms with Gasteiger partial charge in [-0.3, -0.25) is 4.55 Å². The number of aromatic nitrogens is 1. The number of anilines is 2. The Morgan fingerprint density at radius 3 is 2.36 bits per heavy atom. The van der Waals surface area contributed by atoms with Gasteiger partial charge in [0.2, 0.25) is 0 Å². The highest BCUT2D eigenvalue weighted by Gasteiger charge is 2.16. The molecule has 2 aromatic carbocycles. The number of benzene rings is 2. The smallest absolute Gasteiger partial charge is 0.294 e. The van der Waals surface area contributed by atoms with E-state index in [4.69, 9.17) is 5.26 Å². The molecule has 6 nitrogen and oxygen atoms in total. The van der Waals surface area contributed by atoms with Crippen LogP contribution in [-0.2, 0) is 10.1 Å². The van der Waals surface area contributed by atoms with E-state index in [0.717, 1.165) is 16.8 Å². The molecule has 7 heteroatoms. The van der Waals surface area contributed by atoms with Crippen molar-refractivity contribution in [1.29, 1.82) is 5.26 Å². The molecule has 1 heterocycles. The Balaban J connectivity index is 2.05. The molecule has 0 aliphatic carbocycles. The summed E-state index contributed by atoms with van der Waals surface area (Å²) >= 11 is 0. The number of nitrogens with one attached hydrogen (secondary N) is 1. The number of hydrogen-bond acceptors (Lipinski definition) is 5. The monoisotopic (exact) mass is 393 g/mol. The van der Waals surface area contributed by atoms with E-state index in [1.165, 1.54) is 12.1 Å². The number of nitrogens with zero attached hydrogens (tertiary/aromatic N) is 2. The standard InChI is InChI=1S/C21H19N3O3S/c1-14(2)20-11-17(28(25,26)27)12-21(24-20)23-19-6-4-3-5-18(19)16-9-7-15(13-22)8-10-16/h3-12,14H,1-2H3,(H,23,24)(H,25,26,27). The molecule has 0 aliphatic heterocycles. The van der Waals surface area contributed by atoms with Crippen LogP contribution in [0.15, 0.2) is 65.6 Å². The van der Waals surface area contributed by atoms with Crippen molar-refractivity contribution in [3.05, 3.63) is 71.9 Å². The van der Waals surface area contributed by atoms with Crippen LogP contribution in [0.3, 0.4) is 0 Å². The molecule has 0 saturated carbocycles. The van der Waals surface area contributed by atoms with E-state index in [1.807, 2.05) is 50.2 Å². The lowest BCUT2D eigenvalue weighted by molar-refractivity contribution is 0.483. The molecule has 3 rings (SSSR count). The van der Waals surface area contributed by atoms with Crippen molar-refractivity contribution in [3.63, 3.8) is 0 Å². The zero-order valence-electron chi connectivity index (χ0n) is 15.4. The minimum atomic E-state index is -4.35. The molecule has 0 spiro atoms. The third-order valence-electron chi connectivity index (χ3n) is 4.22. The third kappa shape index (κ3) is 4.36. The summed E-state index contributed by atoms with van der Waals surface area (Å²) in [5.41, 5.74) is 3.61. The molecule has 3 aromatic rings. The van der Waals surface area contributed by atoms with Gasteiger partial charge < -0.3 is 5.32 Å². The minimum Gasteiger partial charge on any atom is -0.340 e. The zero-order valence-corrected chi connectivity index (χ0v) is 16.2. The van der Waals surface area contributed by atoms with E-state index in [0.29, 0.717) is 17.1 Å². The predicted octanol–water partition coefficient (Wildman–Crippen LogP) is 4.73. The summed E-state index contributed by atoms with van der Waals surface area (Å²) in [5, 5.41) is 12.1. The fourth-order valence-corrected chi connectivity index (χ4v) is 3.27. The first-order valence-electron chi connectivity index (χ1n) is 8.64. The molecule has 142 valence electrons. The second kappa shape index (κ2) is 7.80. The molecule has 0 bridgehead atoms. The molecule has 0 amide bonds. The van der Waals surface area contributed by atoms with Crippen molar-refractivity contribution in [2.75, 3.05) is 5.32 Å². The molecular weight excluding hydrogens is 374 g/mol. The lowest BCUT2D eigenvalue weighted by Gasteiger charge is -2.14. The molecule has 0 atom stereocenters. The number of pyridine rings is 1. The Morgan fingerprint density at radius 1 is 1.07 bits per heavy atom. The Hall–Kier alpha value is -3.21. The first-order chi connectivity index (χ1) is 13.3. The Bertz CT molecular complexity index is 1150. The van der Waals surface area contributed by atoms with E-state index >= 15 is 0 Å². The van der Waals surface area contributed by atoms with Crippen molar-refractivity contribution in [1.82, 2.24) is 4.98 Å². The van der Waals surface area contributed by atoms with Gasteiger partial charge in [-0.05, 0) is 35.7 Å². The molecule has 2 N–H and O–H groups in total. The van der Waals surface area contributed by atoms with E-state index < -0.39 is 10.1 Å². The molecule has 1 aromatic heterocycles. The highest BCUT2D eigenvalue weighted by atomic mass is 32.2. The lowest BCUT2D eigenvalue weighted by Crippen LogP contribution is -2.05. The van der Waals surface area contributed by atoms with E-state index in [-0.39, 0.29) is 10.8 Å². The van der Waals surface area contributed by atoms with Crippen LogP contribution in [0.1, 0.15) is 31.0 Å². The highest BCUT2D eigenvalue weighted by Crippen LogP contribution is 2.31. The third-order valence-corrected chi connectivity index (χ3v) is 5.05. The van der Waals surface area contributed by atoms with Gasteiger partial charge in [0.15, 0.2) is 0 Å². The van der Waals surface area contributed by atoms with Gasteiger partial charge in [0.25, 0.3) is 10.1 Å². The Morgan fingerprint density at radius 2 is 1.75 bits per heavy atom. The summed E-state index contributed by atoms with van der Waals surface area (Å²) in [7, 11) is -4.35. The minimum absolute atomic E-state index is 0.0176. The van der Waals surface area contributed by atoms with Crippen LogP contribution in [0.25, 0.3) is 11.1 Å². The SMILES string of the molecule is CC(C)c1cc(S(=O)(=O)O)cc(Nc2ccccc2-c2ccc(C#N)cc2)n1. The van der Waals surface area contributed by atoms with Gasteiger partial charge >= 0.3 is 0 Å². The number of para-hydroxylation sites is 1. The molecule has 0 fully saturated rings. The van der Waals surface area contributed by atoms with Crippen LogP contribution in [0, 0.1) is 11.3 Å². The van der Waals surface area contributed by atoms with Crippen LogP contribution < -0.4 is 5.32 Å². The van der Waals surface area contributed by atoms with Gasteiger partial charge in [-0.1, -0.05) is 44.2 Å². The van der Waals surface area contributed by atoms with Crippen LogP contribution in [0.5, 0.6) is 0 Å². The fourth-order valence-electron chi connectivity index (χ4n) is 2.74. The maximum Gasteiger partial charge on any atom is 0.294 e. The molecule has 0 radical (unpaired) electrons. The van der Waals surface area contributed by atoms with Crippen molar-refractivity contribution < 1.29 is 13.0 Å². The number of nitriles is 1. The van der Waals surface area contributed by atoms with Gasteiger partial charge in [0.05, 0.1) is 16.5 Å². The van der Waals surface area contributed by atoms with Crippen LogP contribution in [-0.4, -0.2) is 18.0 Å². The molecular formula is C21H19N3O3S. The van der Waals surface area contributed by atoms with Crippen molar-refractivity contribution >= 4 is 21.6 Å². The summed E-state index contributed by atoms with van der Waals surface area (Å²) < 4.78 is 32.7. The first-order valence-corrected chi connectivity index (χ1v) is 10.1. The quantitative estimate of drug-likeness (QED) is 0.607. The topological polar surface area (TPSA) is 103 Å². The van der Waals surface area contributed by atoms with Crippen LogP contribution in [0.4, 0.5) is 11.5 Å². The molecule has 0 saturated heterocycles. The fraction of sp³-hybridized carbons (Fsp3) is 0.143. The van der Waals surface area contributed by atoms with Gasteiger partial charge in [-0.25, -0.2) is 4.98 Å². The highest BCUT2D eigenvalue weighted by molar-refractivity contribution is 7.85. The average Bonchev–Trinajstić information content (AvgIpc) is 2.67. The van der Waals surface area contributed by atoms with E-state index in [1.54, 1.807) is 12.1 Å². The first kappa shape index (κ1) is 19.5. The zero-order chi connectivity index (χ0) is 20.3. The van der Waals surface area contributed by atoms with Crippen LogP contribution >= 0.6 is 0 Å². The average molecular weight is 393 g/mol. The van der Waals surface area contributed by atoms with Gasteiger partial charge in [-0.15, -0.1) is 0 Å². The molecule has 28 heavy (non-hydrogen) atoms. The maximum absolute atomic E-state index is 11.6. The maximum atomic E-state index is 11.6. The largest absolute Gasteiger partial charge is 0.340 e. The summed E-state index contributed by atoms with van der Waals surface area (Å²) in [6.45, 7) is 3.79. The van der Waals surface area contributed by atoms with Crippen molar-refractivity contribution in [2.45, 2.75) is 24.7 Å². The second-order valence-corrected chi connectivity index (χ2v) is 8.02. The normalized spacial score (nSPS) is 11.2. The van der Waals surface area contributed by atoms with Gasteiger partial charge in [0.1, 0.15) is 5.82 Å². The van der Waals surface area contributed by atoms with E-state index in [2.05, 4.69) is 16.4 Å². The van der Waals surface area contributed by atoms with Crippen molar-refractivity contribution in [3.8, 4) is 17.2 Å². The predicted molar refractivity (Wildman–Crippen MR) is 108 cm³/mol. The van der Waals surface area contributed by atoms with Gasteiger partial charge in [-0.2, -0.15) is 13.7 Å². The summed E-state index contributed by atoms with van der Waals surface area (Å²) in [5.74, 6) is 0.302. The lowest BCUT2D eigenvalue weighted by atomic mass is 10.0. The molecule has 0 unspecified atom stereocenters. The van der Waals surface area contributed by atoms with Crippen LogP contribution in [0.2, 0.25) is 0 Å². The van der Waals surface area contributed by atoms with Gasteiger partial charge in [0, 0.05) is 23.0 Å². The molecule has 0 aliphatic rings. The second-order valence-electron chi connectivity index (χ2n) is 6.60. The number of rotatable bonds is 5. The van der Waals surface area contributed by atoms with E-state index in [9.17, 15) is 13.0 Å². The summed E-state index contributed by atoms with van der Waals surface area (Å²) in [6, 6.07) is 19.4.